The number of nitrogens with zero attached hydrogens (tertiary/aromatic N) is 5. The Balaban J connectivity index is 0.00000216. The molecule has 10 nitrogen and oxygen atoms in total. The molecule has 0 unspecified atom stereocenters. The summed E-state index contributed by atoms with van der Waals surface area (Å²) in [5.74, 6) is 0.685. The molecule has 0 bridgehead atoms. The van der Waals surface area contributed by atoms with E-state index in [-0.39, 0.29) is 54.8 Å². The highest BCUT2D eigenvalue weighted by atomic mass is 35.5. The first-order valence-corrected chi connectivity index (χ1v) is 11.4. The largest absolute Gasteiger partial charge is 0.365 e. The lowest BCUT2D eigenvalue weighted by molar-refractivity contribution is -0.121. The van der Waals surface area contributed by atoms with E-state index in [9.17, 15) is 9.59 Å². The summed E-state index contributed by atoms with van der Waals surface area (Å²) in [6.07, 6.45) is 7.92. The Morgan fingerprint density at radius 1 is 1.17 bits per heavy atom. The van der Waals surface area contributed by atoms with Crippen molar-refractivity contribution in [3.8, 4) is 5.69 Å². The van der Waals surface area contributed by atoms with E-state index in [0.29, 0.717) is 6.54 Å². The normalized spacial score (nSPS) is 12.4. The van der Waals surface area contributed by atoms with Gasteiger partial charge in [0.1, 0.15) is 24.4 Å². The zero-order valence-electron chi connectivity index (χ0n) is 19.0. The number of nitrogens with one attached hydrogen (secondary N) is 3. The molecule has 1 fully saturated rings. The van der Waals surface area contributed by atoms with Crippen LogP contribution in [0.25, 0.3) is 5.69 Å². The van der Waals surface area contributed by atoms with Gasteiger partial charge in [-0.2, -0.15) is 5.10 Å². The van der Waals surface area contributed by atoms with Crippen LogP contribution in [0, 0.1) is 5.92 Å². The molecule has 1 aliphatic rings. The molecule has 0 saturated heterocycles. The Bertz CT molecular complexity index is 1140. The molecule has 2 aromatic heterocycles. The number of carbonyl (C=O) groups excluding carboxylic acids is 1. The number of para-hydroxylation sites is 1. The van der Waals surface area contributed by atoms with Gasteiger partial charge in [0, 0.05) is 13.1 Å². The Morgan fingerprint density at radius 2 is 1.97 bits per heavy atom. The van der Waals surface area contributed by atoms with E-state index >= 15 is 0 Å². The minimum absolute atomic E-state index is 0. The number of carbonyl (C=O) groups is 1. The molecule has 0 aliphatic heterocycles. The van der Waals surface area contributed by atoms with Crippen LogP contribution in [0.5, 0.6) is 0 Å². The highest BCUT2D eigenvalue weighted by molar-refractivity contribution is 6.29. The summed E-state index contributed by atoms with van der Waals surface area (Å²) >= 11 is 6.16. The maximum absolute atomic E-state index is 12.8. The smallest absolute Gasteiger partial charge is 0.294 e. The second kappa shape index (κ2) is 14.0. The zero-order valence-corrected chi connectivity index (χ0v) is 21.4. The SMILES string of the molecule is Cl.Cl.O=C(Cn1c(Cl)cnc(NCCCNCC2CC2)c1=O)NCc1ccccc1-n1cncn1. The van der Waals surface area contributed by atoms with Crippen molar-refractivity contribution >= 4 is 48.1 Å². The van der Waals surface area contributed by atoms with E-state index in [2.05, 4.69) is 31.0 Å². The summed E-state index contributed by atoms with van der Waals surface area (Å²) in [6.45, 7) is 2.61. The molecule has 190 valence electrons. The van der Waals surface area contributed by atoms with E-state index in [1.54, 1.807) is 11.0 Å². The van der Waals surface area contributed by atoms with Crippen LogP contribution in [0.15, 0.2) is 47.9 Å². The van der Waals surface area contributed by atoms with Gasteiger partial charge in [0.15, 0.2) is 5.82 Å². The van der Waals surface area contributed by atoms with Gasteiger partial charge in [-0.25, -0.2) is 14.6 Å². The Morgan fingerprint density at radius 3 is 2.71 bits per heavy atom. The number of anilines is 1. The van der Waals surface area contributed by atoms with Crippen LogP contribution in [0.4, 0.5) is 5.82 Å². The van der Waals surface area contributed by atoms with Crippen LogP contribution in [-0.4, -0.2) is 49.9 Å². The molecule has 2 heterocycles. The molecule has 3 N–H and O–H groups in total. The maximum atomic E-state index is 12.8. The summed E-state index contributed by atoms with van der Waals surface area (Å²) in [6, 6.07) is 7.55. The molecule has 1 amide bonds. The van der Waals surface area contributed by atoms with Crippen molar-refractivity contribution in [2.75, 3.05) is 25.0 Å². The van der Waals surface area contributed by atoms with Gasteiger partial charge in [-0.15, -0.1) is 24.8 Å². The Hall–Kier alpha value is -2.66. The quantitative estimate of drug-likeness (QED) is 0.300. The first-order valence-electron chi connectivity index (χ1n) is 11.0. The van der Waals surface area contributed by atoms with Gasteiger partial charge in [-0.05, 0) is 49.9 Å². The van der Waals surface area contributed by atoms with Crippen LogP contribution in [0.2, 0.25) is 5.15 Å². The summed E-state index contributed by atoms with van der Waals surface area (Å²) < 4.78 is 2.84. The fourth-order valence-corrected chi connectivity index (χ4v) is 3.58. The molecular formula is C22H29Cl3N8O2. The van der Waals surface area contributed by atoms with E-state index in [4.69, 9.17) is 11.6 Å². The van der Waals surface area contributed by atoms with Crippen molar-refractivity contribution in [2.24, 2.45) is 5.92 Å². The standard InChI is InChI=1S/C22H27ClN8O2.2ClH/c23-19-12-28-21(26-9-3-8-24-10-16-6-7-16)22(33)30(19)13-20(32)27-11-17-4-1-2-5-18(17)31-15-25-14-29-31;;/h1-2,4-5,12,14-16,24H,3,6-11,13H2,(H,26,28)(H,27,32);2*1H. The van der Waals surface area contributed by atoms with Gasteiger partial charge in [-0.3, -0.25) is 14.2 Å². The monoisotopic (exact) mass is 542 g/mol. The molecule has 1 aromatic carbocycles. The molecule has 0 spiro atoms. The van der Waals surface area contributed by atoms with Crippen LogP contribution in [-0.2, 0) is 17.9 Å². The van der Waals surface area contributed by atoms with Crippen molar-refractivity contribution < 1.29 is 4.79 Å². The van der Waals surface area contributed by atoms with Crippen molar-refractivity contribution in [3.05, 3.63) is 64.2 Å². The summed E-state index contributed by atoms with van der Waals surface area (Å²) in [7, 11) is 0. The molecule has 0 atom stereocenters. The van der Waals surface area contributed by atoms with Gasteiger partial charge in [0.05, 0.1) is 11.9 Å². The van der Waals surface area contributed by atoms with Crippen molar-refractivity contribution in [1.82, 2.24) is 34.9 Å². The third-order valence-corrected chi connectivity index (χ3v) is 5.70. The second-order valence-corrected chi connectivity index (χ2v) is 8.38. The summed E-state index contributed by atoms with van der Waals surface area (Å²) in [4.78, 5) is 33.4. The third kappa shape index (κ3) is 8.21. The molecule has 1 aliphatic carbocycles. The maximum Gasteiger partial charge on any atom is 0.294 e. The number of hydrogen-bond donors (Lipinski definition) is 3. The first-order chi connectivity index (χ1) is 16.1. The first kappa shape index (κ1) is 28.6. The average Bonchev–Trinajstić information content (AvgIpc) is 3.49. The predicted molar refractivity (Wildman–Crippen MR) is 140 cm³/mol. The highest BCUT2D eigenvalue weighted by Gasteiger charge is 2.20. The van der Waals surface area contributed by atoms with Crippen LogP contribution >= 0.6 is 36.4 Å². The van der Waals surface area contributed by atoms with Crippen LogP contribution in [0.3, 0.4) is 0 Å². The second-order valence-electron chi connectivity index (χ2n) is 7.99. The molecule has 1 saturated carbocycles. The molecule has 0 radical (unpaired) electrons. The van der Waals surface area contributed by atoms with Crippen molar-refractivity contribution in [1.29, 1.82) is 0 Å². The number of amides is 1. The van der Waals surface area contributed by atoms with Crippen LogP contribution in [0.1, 0.15) is 24.8 Å². The predicted octanol–water partition coefficient (Wildman–Crippen LogP) is 2.44. The van der Waals surface area contributed by atoms with E-state index in [0.717, 1.165) is 36.7 Å². The summed E-state index contributed by atoms with van der Waals surface area (Å²) in [5.41, 5.74) is 1.25. The van der Waals surface area contributed by atoms with Gasteiger partial charge in [-0.1, -0.05) is 29.8 Å². The third-order valence-electron chi connectivity index (χ3n) is 5.39. The number of hydrogen-bond acceptors (Lipinski definition) is 7. The summed E-state index contributed by atoms with van der Waals surface area (Å²) in [5, 5.41) is 13.5. The molecule has 35 heavy (non-hydrogen) atoms. The van der Waals surface area contributed by atoms with Gasteiger partial charge < -0.3 is 16.0 Å². The van der Waals surface area contributed by atoms with E-state index in [1.165, 1.54) is 29.9 Å². The lowest BCUT2D eigenvalue weighted by Gasteiger charge is -2.13. The Kier molecular flexibility index (Phi) is 11.5. The fraction of sp³-hybridized carbons (Fsp3) is 0.409. The minimum atomic E-state index is -0.424. The van der Waals surface area contributed by atoms with Crippen LogP contribution < -0.4 is 21.5 Å². The van der Waals surface area contributed by atoms with Gasteiger partial charge in [0.25, 0.3) is 5.56 Å². The molecule has 4 rings (SSSR count). The molecular weight excluding hydrogens is 515 g/mol. The Labute approximate surface area is 220 Å². The number of rotatable bonds is 12. The fourth-order valence-electron chi connectivity index (χ4n) is 3.39. The topological polar surface area (TPSA) is 119 Å². The zero-order chi connectivity index (χ0) is 23.0. The van der Waals surface area contributed by atoms with Gasteiger partial charge >= 0.3 is 0 Å². The molecule has 3 aromatic rings. The highest BCUT2D eigenvalue weighted by Crippen LogP contribution is 2.27. The average molecular weight is 544 g/mol. The van der Waals surface area contributed by atoms with E-state index in [1.807, 2.05) is 24.3 Å². The number of halogens is 3. The number of aromatic nitrogens is 5. The minimum Gasteiger partial charge on any atom is -0.365 e. The van der Waals surface area contributed by atoms with Gasteiger partial charge in [0.2, 0.25) is 5.91 Å². The molecule has 13 heteroatoms. The number of benzene rings is 1. The lowest BCUT2D eigenvalue weighted by Crippen LogP contribution is -2.34. The van der Waals surface area contributed by atoms with Crippen molar-refractivity contribution in [2.45, 2.75) is 32.4 Å². The van der Waals surface area contributed by atoms with E-state index < -0.39 is 5.56 Å². The lowest BCUT2D eigenvalue weighted by atomic mass is 10.2. The van der Waals surface area contributed by atoms with Crippen molar-refractivity contribution in [3.63, 3.8) is 0 Å².